The third-order valence-electron chi connectivity index (χ3n) is 3.94. The molecule has 0 bridgehead atoms. The molecule has 0 amide bonds. The van der Waals surface area contributed by atoms with E-state index >= 15 is 0 Å². The highest BCUT2D eigenvalue weighted by Gasteiger charge is 2.25. The third kappa shape index (κ3) is 3.55. The zero-order chi connectivity index (χ0) is 12.8. The van der Waals surface area contributed by atoms with E-state index in [2.05, 4.69) is 35.2 Å². The van der Waals surface area contributed by atoms with Crippen molar-refractivity contribution in [3.05, 3.63) is 35.9 Å². The number of rotatable bonds is 5. The lowest BCUT2D eigenvalue weighted by atomic mass is 9.91. The molecule has 2 rings (SSSR count). The third-order valence-corrected chi connectivity index (χ3v) is 3.94. The minimum atomic E-state index is 0.240. The number of piperidine rings is 1. The highest BCUT2D eigenvalue weighted by molar-refractivity contribution is 5.14. The van der Waals surface area contributed by atoms with E-state index in [9.17, 15) is 0 Å². The molecule has 100 valence electrons. The summed E-state index contributed by atoms with van der Waals surface area (Å²) in [5, 5.41) is 0. The Labute approximate surface area is 110 Å². The van der Waals surface area contributed by atoms with Gasteiger partial charge in [-0.25, -0.2) is 0 Å². The summed E-state index contributed by atoms with van der Waals surface area (Å²) in [6, 6.07) is 10.7. The molecule has 1 fully saturated rings. The van der Waals surface area contributed by atoms with Crippen LogP contribution in [-0.4, -0.2) is 37.7 Å². The average molecular weight is 248 g/mol. The Balaban J connectivity index is 1.80. The van der Waals surface area contributed by atoms with Crippen molar-refractivity contribution < 1.29 is 4.74 Å². The predicted molar refractivity (Wildman–Crippen MR) is 74.3 cm³/mol. The van der Waals surface area contributed by atoms with Crippen LogP contribution in [0.15, 0.2) is 30.3 Å². The Morgan fingerprint density at radius 2 is 1.94 bits per heavy atom. The summed E-state index contributed by atoms with van der Waals surface area (Å²) < 4.78 is 5.45. The minimum Gasteiger partial charge on any atom is -0.380 e. The van der Waals surface area contributed by atoms with Crippen molar-refractivity contribution >= 4 is 0 Å². The van der Waals surface area contributed by atoms with Crippen LogP contribution in [0.3, 0.4) is 0 Å². The van der Waals surface area contributed by atoms with Gasteiger partial charge in [0.1, 0.15) is 0 Å². The Kier molecular flexibility index (Phi) is 5.17. The van der Waals surface area contributed by atoms with E-state index in [4.69, 9.17) is 10.5 Å². The maximum Gasteiger partial charge on any atom is 0.0722 e. The predicted octanol–water partition coefficient (Wildman–Crippen LogP) is 1.87. The normalized spacial score (nSPS) is 19.9. The van der Waals surface area contributed by atoms with Gasteiger partial charge in [-0.1, -0.05) is 30.3 Å². The van der Waals surface area contributed by atoms with E-state index in [-0.39, 0.29) is 6.10 Å². The van der Waals surface area contributed by atoms with Crippen LogP contribution in [0.1, 0.15) is 18.4 Å². The van der Waals surface area contributed by atoms with Gasteiger partial charge in [-0.15, -0.1) is 0 Å². The first-order chi connectivity index (χ1) is 8.83. The molecule has 3 nitrogen and oxygen atoms in total. The summed E-state index contributed by atoms with van der Waals surface area (Å²) in [5.41, 5.74) is 7.13. The van der Waals surface area contributed by atoms with Crippen LogP contribution in [0.25, 0.3) is 0 Å². The zero-order valence-electron chi connectivity index (χ0n) is 11.2. The van der Waals surface area contributed by atoms with E-state index in [1.807, 2.05) is 0 Å². The smallest absolute Gasteiger partial charge is 0.0722 e. The second-order valence-corrected chi connectivity index (χ2v) is 5.11. The molecule has 0 unspecified atom stereocenters. The summed E-state index contributed by atoms with van der Waals surface area (Å²) >= 11 is 0. The number of nitrogens with zero attached hydrogens (tertiary/aromatic N) is 1. The first-order valence-corrected chi connectivity index (χ1v) is 6.82. The number of ether oxygens (including phenoxy) is 1. The van der Waals surface area contributed by atoms with Gasteiger partial charge in [0.25, 0.3) is 0 Å². The number of likely N-dealkylation sites (tertiary alicyclic amines) is 1. The Bertz CT molecular complexity index is 330. The fraction of sp³-hybridized carbons (Fsp3) is 0.600. The van der Waals surface area contributed by atoms with Crippen LogP contribution < -0.4 is 5.73 Å². The Hall–Kier alpha value is -0.900. The van der Waals surface area contributed by atoms with Crippen LogP contribution >= 0.6 is 0 Å². The van der Waals surface area contributed by atoms with Crippen molar-refractivity contribution in [1.29, 1.82) is 0 Å². The minimum absolute atomic E-state index is 0.240. The maximum absolute atomic E-state index is 5.73. The van der Waals surface area contributed by atoms with Crippen LogP contribution in [0.4, 0.5) is 0 Å². The summed E-state index contributed by atoms with van der Waals surface area (Å²) in [4.78, 5) is 2.52. The van der Waals surface area contributed by atoms with Crippen LogP contribution in [-0.2, 0) is 11.3 Å². The quantitative estimate of drug-likeness (QED) is 0.864. The molecule has 1 aliphatic heterocycles. The van der Waals surface area contributed by atoms with Gasteiger partial charge in [-0.2, -0.15) is 0 Å². The standard InChI is InChI=1S/C15H24N2O/c1-18-15(11-16)14-7-9-17(10-8-14)12-13-5-3-2-4-6-13/h2-6,14-15H,7-12,16H2,1H3/t15-/m1/s1. The van der Waals surface area contributed by atoms with Crippen LogP contribution in [0, 0.1) is 5.92 Å². The van der Waals surface area contributed by atoms with Crippen molar-refractivity contribution in [1.82, 2.24) is 4.90 Å². The Morgan fingerprint density at radius 1 is 1.28 bits per heavy atom. The summed E-state index contributed by atoms with van der Waals surface area (Å²) in [5.74, 6) is 0.632. The fourth-order valence-corrected chi connectivity index (χ4v) is 2.81. The lowest BCUT2D eigenvalue weighted by Gasteiger charge is -2.35. The maximum atomic E-state index is 5.73. The van der Waals surface area contributed by atoms with Gasteiger partial charge in [0.15, 0.2) is 0 Å². The van der Waals surface area contributed by atoms with Crippen molar-refractivity contribution in [2.75, 3.05) is 26.7 Å². The zero-order valence-corrected chi connectivity index (χ0v) is 11.2. The molecule has 18 heavy (non-hydrogen) atoms. The van der Waals surface area contributed by atoms with Crippen molar-refractivity contribution in [3.63, 3.8) is 0 Å². The second-order valence-electron chi connectivity index (χ2n) is 5.11. The molecule has 0 radical (unpaired) electrons. The number of nitrogens with two attached hydrogens (primary N) is 1. The molecule has 1 aromatic carbocycles. The number of benzene rings is 1. The van der Waals surface area contributed by atoms with Gasteiger partial charge < -0.3 is 10.5 Å². The summed E-state index contributed by atoms with van der Waals surface area (Å²) in [7, 11) is 1.77. The first-order valence-electron chi connectivity index (χ1n) is 6.82. The highest BCUT2D eigenvalue weighted by Crippen LogP contribution is 2.23. The van der Waals surface area contributed by atoms with E-state index in [0.29, 0.717) is 12.5 Å². The second kappa shape index (κ2) is 6.88. The van der Waals surface area contributed by atoms with Crippen molar-refractivity contribution in [2.45, 2.75) is 25.5 Å². The fourth-order valence-electron chi connectivity index (χ4n) is 2.81. The molecular weight excluding hydrogens is 224 g/mol. The highest BCUT2D eigenvalue weighted by atomic mass is 16.5. The van der Waals surface area contributed by atoms with E-state index in [1.165, 1.54) is 18.4 Å². The summed E-state index contributed by atoms with van der Waals surface area (Å²) in [6.45, 7) is 4.01. The van der Waals surface area contributed by atoms with Gasteiger partial charge in [-0.3, -0.25) is 4.90 Å². The van der Waals surface area contributed by atoms with Gasteiger partial charge in [0.05, 0.1) is 6.10 Å². The number of hydrogen-bond donors (Lipinski definition) is 1. The molecule has 2 N–H and O–H groups in total. The number of hydrogen-bond acceptors (Lipinski definition) is 3. The largest absolute Gasteiger partial charge is 0.380 e. The van der Waals surface area contributed by atoms with Gasteiger partial charge in [0, 0.05) is 20.2 Å². The van der Waals surface area contributed by atoms with Gasteiger partial charge in [-0.05, 0) is 37.4 Å². The van der Waals surface area contributed by atoms with Gasteiger partial charge >= 0.3 is 0 Å². The molecular formula is C15H24N2O. The molecule has 0 aliphatic carbocycles. The molecule has 0 saturated carbocycles. The topological polar surface area (TPSA) is 38.5 Å². The van der Waals surface area contributed by atoms with E-state index < -0.39 is 0 Å². The van der Waals surface area contributed by atoms with E-state index in [1.54, 1.807) is 7.11 Å². The molecule has 1 saturated heterocycles. The molecule has 1 heterocycles. The molecule has 0 aromatic heterocycles. The molecule has 3 heteroatoms. The Morgan fingerprint density at radius 3 is 2.50 bits per heavy atom. The molecule has 1 aliphatic rings. The monoisotopic (exact) mass is 248 g/mol. The van der Waals surface area contributed by atoms with Crippen molar-refractivity contribution in [3.8, 4) is 0 Å². The van der Waals surface area contributed by atoms with Gasteiger partial charge in [0.2, 0.25) is 0 Å². The lowest BCUT2D eigenvalue weighted by Crippen LogP contribution is -2.40. The SMILES string of the molecule is CO[C@H](CN)C1CCN(Cc2ccccc2)CC1. The molecule has 1 aromatic rings. The molecule has 1 atom stereocenters. The number of methoxy groups -OCH3 is 1. The van der Waals surface area contributed by atoms with Crippen LogP contribution in [0.5, 0.6) is 0 Å². The van der Waals surface area contributed by atoms with E-state index in [0.717, 1.165) is 19.6 Å². The average Bonchev–Trinajstić information content (AvgIpc) is 2.43. The first kappa shape index (κ1) is 13.5. The van der Waals surface area contributed by atoms with Crippen LogP contribution in [0.2, 0.25) is 0 Å². The lowest BCUT2D eigenvalue weighted by molar-refractivity contribution is 0.0261. The summed E-state index contributed by atoms with van der Waals surface area (Å²) in [6.07, 6.45) is 2.63. The van der Waals surface area contributed by atoms with Crippen molar-refractivity contribution in [2.24, 2.45) is 11.7 Å². The molecule has 0 spiro atoms.